The molecule has 0 aromatic carbocycles. The van der Waals surface area contributed by atoms with Crippen molar-refractivity contribution in [1.82, 2.24) is 9.78 Å². The molecule has 0 fully saturated rings. The normalized spacial score (nSPS) is 15.4. The molecule has 12 heavy (non-hydrogen) atoms. The molecule has 1 aromatic heterocycles. The van der Waals surface area contributed by atoms with Gasteiger partial charge in [0, 0.05) is 13.0 Å². The summed E-state index contributed by atoms with van der Waals surface area (Å²) in [6.45, 7) is 1.71. The summed E-state index contributed by atoms with van der Waals surface area (Å²) in [6.07, 6.45) is 2.78. The zero-order valence-electron chi connectivity index (χ0n) is 6.99. The third-order valence-electron chi connectivity index (χ3n) is 1.82. The Morgan fingerprint density at radius 3 is 3.50 bits per heavy atom. The van der Waals surface area contributed by atoms with Crippen LogP contribution in [0.5, 0.6) is 5.88 Å². The molecule has 0 aliphatic carbocycles. The Morgan fingerprint density at radius 2 is 2.67 bits per heavy atom. The van der Waals surface area contributed by atoms with E-state index in [0.29, 0.717) is 0 Å². The molecule has 1 aromatic rings. The number of rotatable bonds is 2. The molecule has 0 amide bonds. The van der Waals surface area contributed by atoms with Crippen molar-refractivity contribution < 1.29 is 15.1 Å². The van der Waals surface area contributed by atoms with Gasteiger partial charge in [-0.05, 0) is 0 Å². The fourth-order valence-corrected chi connectivity index (χ4v) is 1.30. The molecule has 66 valence electrons. The predicted octanol–water partition coefficient (Wildman–Crippen LogP) is -0.578. The lowest BCUT2D eigenvalue weighted by Crippen LogP contribution is -2.75. The number of hydrogen-bond donors (Lipinski definition) is 1. The van der Waals surface area contributed by atoms with Gasteiger partial charge < -0.3 is 4.74 Å². The lowest BCUT2D eigenvalue weighted by Gasteiger charge is -2.13. The second-order valence-corrected chi connectivity index (χ2v) is 2.68. The van der Waals surface area contributed by atoms with Gasteiger partial charge in [0.25, 0.3) is 5.88 Å². The maximum atomic E-state index is 5.44. The van der Waals surface area contributed by atoms with E-state index in [4.69, 9.17) is 9.57 Å². The molecule has 2 heterocycles. The van der Waals surface area contributed by atoms with Gasteiger partial charge in [-0.1, -0.05) is 0 Å². The average molecular weight is 170 g/mol. The monoisotopic (exact) mass is 170 g/mol. The fraction of sp³-hybridized carbons (Fsp3) is 0.571. The molecule has 2 N–H and O–H groups in total. The van der Waals surface area contributed by atoms with E-state index < -0.39 is 0 Å². The minimum absolute atomic E-state index is 0.774. The van der Waals surface area contributed by atoms with Crippen molar-refractivity contribution in [2.75, 3.05) is 13.7 Å². The number of ether oxygens (including phenoxy) is 1. The second kappa shape index (κ2) is 3.12. The highest BCUT2D eigenvalue weighted by Gasteiger charge is 2.19. The van der Waals surface area contributed by atoms with Crippen molar-refractivity contribution in [3.8, 4) is 5.88 Å². The predicted molar refractivity (Wildman–Crippen MR) is 40.9 cm³/mol. The smallest absolute Gasteiger partial charge is 0.278 e. The Morgan fingerprint density at radius 1 is 1.75 bits per heavy atom. The zero-order valence-corrected chi connectivity index (χ0v) is 6.99. The van der Waals surface area contributed by atoms with Crippen molar-refractivity contribution in [3.63, 3.8) is 0 Å². The number of quaternary nitrogens is 1. The topological polar surface area (TPSA) is 52.9 Å². The van der Waals surface area contributed by atoms with Gasteiger partial charge in [-0.15, -0.1) is 0 Å². The molecular weight excluding hydrogens is 158 g/mol. The SMILES string of the molecule is CO[NH2+]c1cnn2c1OCCC2. The van der Waals surface area contributed by atoms with Crippen LogP contribution >= 0.6 is 0 Å². The Bertz CT molecular complexity index is 272. The van der Waals surface area contributed by atoms with Crippen LogP contribution in [0.25, 0.3) is 0 Å². The van der Waals surface area contributed by atoms with E-state index in [1.54, 1.807) is 18.8 Å². The standard InChI is InChI=1S/C7H11N3O2/c1-11-9-6-5-8-10-3-2-4-12-7(6)10/h5,9H,2-4H2,1H3/p+1. The number of hydrogen-bond acceptors (Lipinski definition) is 3. The minimum atomic E-state index is 0.774. The van der Waals surface area contributed by atoms with Crippen LogP contribution in [0.15, 0.2) is 6.20 Å². The Hall–Kier alpha value is -1.07. The summed E-state index contributed by atoms with van der Waals surface area (Å²) in [6, 6.07) is 0. The largest absolute Gasteiger partial charge is 0.473 e. The quantitative estimate of drug-likeness (QED) is 0.604. The van der Waals surface area contributed by atoms with E-state index >= 15 is 0 Å². The highest BCUT2D eigenvalue weighted by atomic mass is 16.6. The van der Waals surface area contributed by atoms with E-state index in [-0.39, 0.29) is 0 Å². The molecule has 5 heteroatoms. The first-order chi connectivity index (χ1) is 5.92. The van der Waals surface area contributed by atoms with Gasteiger partial charge in [0.1, 0.15) is 6.20 Å². The fourth-order valence-electron chi connectivity index (χ4n) is 1.30. The van der Waals surface area contributed by atoms with Crippen molar-refractivity contribution in [1.29, 1.82) is 0 Å². The summed E-state index contributed by atoms with van der Waals surface area (Å²) in [5.41, 5.74) is 2.56. The van der Waals surface area contributed by atoms with Gasteiger partial charge in [0.2, 0.25) is 5.69 Å². The maximum absolute atomic E-state index is 5.44. The van der Waals surface area contributed by atoms with Crippen LogP contribution in [0.2, 0.25) is 0 Å². The van der Waals surface area contributed by atoms with Gasteiger partial charge in [-0.25, -0.2) is 9.52 Å². The van der Waals surface area contributed by atoms with Crippen LogP contribution in [-0.2, 0) is 11.4 Å². The van der Waals surface area contributed by atoms with Gasteiger partial charge in [-0.2, -0.15) is 10.6 Å². The van der Waals surface area contributed by atoms with Crippen molar-refractivity contribution in [3.05, 3.63) is 6.20 Å². The lowest BCUT2D eigenvalue weighted by molar-refractivity contribution is -0.830. The highest BCUT2D eigenvalue weighted by molar-refractivity contribution is 5.37. The lowest BCUT2D eigenvalue weighted by atomic mass is 10.4. The number of aryl methyl sites for hydroxylation is 1. The number of aromatic nitrogens is 2. The Balaban J connectivity index is 2.25. The van der Waals surface area contributed by atoms with Crippen molar-refractivity contribution >= 4 is 5.69 Å². The molecule has 1 aliphatic rings. The number of nitrogens with two attached hydrogens (primary N) is 1. The Kier molecular flexibility index (Phi) is 1.97. The molecule has 5 nitrogen and oxygen atoms in total. The summed E-state index contributed by atoms with van der Waals surface area (Å²) < 4.78 is 7.29. The Labute approximate surface area is 70.2 Å². The van der Waals surface area contributed by atoms with Crippen LogP contribution in [0.3, 0.4) is 0 Å². The van der Waals surface area contributed by atoms with Crippen LogP contribution in [0.4, 0.5) is 5.69 Å². The summed E-state index contributed by atoms with van der Waals surface area (Å²) in [5.74, 6) is 0.822. The molecular formula is C7H12N3O2+. The summed E-state index contributed by atoms with van der Waals surface area (Å²) in [5, 5.41) is 4.16. The first-order valence-corrected chi connectivity index (χ1v) is 3.96. The van der Waals surface area contributed by atoms with Crippen LogP contribution in [0.1, 0.15) is 6.42 Å². The third-order valence-corrected chi connectivity index (χ3v) is 1.82. The van der Waals surface area contributed by atoms with E-state index in [9.17, 15) is 0 Å². The van der Waals surface area contributed by atoms with Crippen LogP contribution < -0.4 is 10.2 Å². The van der Waals surface area contributed by atoms with Gasteiger partial charge in [0.05, 0.1) is 13.7 Å². The molecule has 0 saturated carbocycles. The summed E-state index contributed by atoms with van der Waals surface area (Å²) in [4.78, 5) is 4.89. The second-order valence-electron chi connectivity index (χ2n) is 2.68. The summed E-state index contributed by atoms with van der Waals surface area (Å²) in [7, 11) is 1.62. The first kappa shape index (κ1) is 7.57. The summed E-state index contributed by atoms with van der Waals surface area (Å²) >= 11 is 0. The number of fused-ring (bicyclic) bond motifs is 1. The molecule has 0 radical (unpaired) electrons. The van der Waals surface area contributed by atoms with E-state index in [1.165, 1.54) is 0 Å². The minimum Gasteiger partial charge on any atom is -0.473 e. The molecule has 0 saturated heterocycles. The van der Waals surface area contributed by atoms with E-state index in [1.807, 2.05) is 4.68 Å². The highest BCUT2D eigenvalue weighted by Crippen LogP contribution is 2.22. The molecule has 0 unspecified atom stereocenters. The molecule has 0 spiro atoms. The maximum Gasteiger partial charge on any atom is 0.278 e. The average Bonchev–Trinajstić information content (AvgIpc) is 2.50. The molecule has 2 rings (SSSR count). The van der Waals surface area contributed by atoms with E-state index in [0.717, 1.165) is 31.1 Å². The number of nitrogens with zero attached hydrogens (tertiary/aromatic N) is 2. The molecule has 1 aliphatic heterocycles. The van der Waals surface area contributed by atoms with Crippen molar-refractivity contribution in [2.45, 2.75) is 13.0 Å². The van der Waals surface area contributed by atoms with Crippen LogP contribution in [-0.4, -0.2) is 23.5 Å². The van der Waals surface area contributed by atoms with Gasteiger partial charge in [-0.3, -0.25) is 0 Å². The van der Waals surface area contributed by atoms with Gasteiger partial charge >= 0.3 is 0 Å². The zero-order chi connectivity index (χ0) is 8.39. The van der Waals surface area contributed by atoms with Gasteiger partial charge in [0.15, 0.2) is 0 Å². The third kappa shape index (κ3) is 1.17. The molecule has 0 bridgehead atoms. The first-order valence-electron chi connectivity index (χ1n) is 3.96. The van der Waals surface area contributed by atoms with Crippen LogP contribution in [0, 0.1) is 0 Å². The van der Waals surface area contributed by atoms with E-state index in [2.05, 4.69) is 5.10 Å². The van der Waals surface area contributed by atoms with Crippen molar-refractivity contribution in [2.24, 2.45) is 0 Å². The molecule has 0 atom stereocenters.